The Morgan fingerprint density at radius 1 is 1.22 bits per heavy atom. The zero-order valence-electron chi connectivity index (χ0n) is 9.45. The van der Waals surface area contributed by atoms with Gasteiger partial charge in [-0.1, -0.05) is 35.0 Å². The van der Waals surface area contributed by atoms with Crippen LogP contribution in [0, 0.1) is 0 Å². The summed E-state index contributed by atoms with van der Waals surface area (Å²) < 4.78 is 1.46. The lowest BCUT2D eigenvalue weighted by Crippen LogP contribution is -2.23. The second kappa shape index (κ2) is 5.51. The molecule has 2 aromatic rings. The number of hydrogen-bond donors (Lipinski definition) is 1. The van der Waals surface area contributed by atoms with Gasteiger partial charge in [-0.2, -0.15) is 0 Å². The molecule has 4 nitrogen and oxygen atoms in total. The SMILES string of the molecule is O=c1ccccn1C/C(=N/O)c1ccc(Cl)cc1. The summed E-state index contributed by atoms with van der Waals surface area (Å²) in [5, 5.41) is 12.9. The van der Waals surface area contributed by atoms with E-state index in [1.54, 1.807) is 42.6 Å². The van der Waals surface area contributed by atoms with Gasteiger partial charge in [0.1, 0.15) is 5.71 Å². The summed E-state index contributed by atoms with van der Waals surface area (Å²) in [6, 6.07) is 11.8. The van der Waals surface area contributed by atoms with Crippen LogP contribution < -0.4 is 5.56 Å². The maximum Gasteiger partial charge on any atom is 0.250 e. The number of hydrogen-bond acceptors (Lipinski definition) is 3. The highest BCUT2D eigenvalue weighted by Gasteiger charge is 2.06. The predicted octanol–water partition coefficient (Wildman–Crippen LogP) is 2.38. The minimum Gasteiger partial charge on any atom is -0.411 e. The topological polar surface area (TPSA) is 54.6 Å². The Kier molecular flexibility index (Phi) is 3.79. The summed E-state index contributed by atoms with van der Waals surface area (Å²) in [4.78, 5) is 11.6. The van der Waals surface area contributed by atoms with E-state index in [1.165, 1.54) is 10.6 Å². The molecule has 18 heavy (non-hydrogen) atoms. The Morgan fingerprint density at radius 3 is 2.56 bits per heavy atom. The molecule has 0 spiro atoms. The molecule has 0 aliphatic carbocycles. The summed E-state index contributed by atoms with van der Waals surface area (Å²) in [6.45, 7) is 0.206. The minimum absolute atomic E-state index is 0.146. The largest absolute Gasteiger partial charge is 0.411 e. The van der Waals surface area contributed by atoms with Crippen molar-refractivity contribution in [2.24, 2.45) is 5.16 Å². The van der Waals surface area contributed by atoms with Gasteiger partial charge in [-0.05, 0) is 18.2 Å². The van der Waals surface area contributed by atoms with E-state index in [4.69, 9.17) is 16.8 Å². The zero-order chi connectivity index (χ0) is 13.0. The second-order valence-corrected chi connectivity index (χ2v) is 4.16. The Morgan fingerprint density at radius 2 is 1.94 bits per heavy atom. The van der Waals surface area contributed by atoms with E-state index >= 15 is 0 Å². The first-order valence-electron chi connectivity index (χ1n) is 5.33. The van der Waals surface area contributed by atoms with Crippen molar-refractivity contribution in [1.29, 1.82) is 0 Å². The van der Waals surface area contributed by atoms with Crippen molar-refractivity contribution in [2.75, 3.05) is 0 Å². The summed E-state index contributed by atoms with van der Waals surface area (Å²) in [6.07, 6.45) is 1.64. The molecular formula is C13H11ClN2O2. The van der Waals surface area contributed by atoms with Gasteiger partial charge < -0.3 is 9.77 Å². The van der Waals surface area contributed by atoms with E-state index in [-0.39, 0.29) is 12.1 Å². The van der Waals surface area contributed by atoms with Gasteiger partial charge in [0.25, 0.3) is 5.56 Å². The molecule has 0 amide bonds. The first-order chi connectivity index (χ1) is 8.70. The first kappa shape index (κ1) is 12.4. The van der Waals surface area contributed by atoms with E-state index in [1.807, 2.05) is 0 Å². The minimum atomic E-state index is -0.146. The van der Waals surface area contributed by atoms with Gasteiger partial charge in [0.2, 0.25) is 0 Å². The lowest BCUT2D eigenvalue weighted by molar-refractivity contribution is 0.317. The van der Waals surface area contributed by atoms with Gasteiger partial charge in [-0.3, -0.25) is 4.79 Å². The second-order valence-electron chi connectivity index (χ2n) is 3.72. The lowest BCUT2D eigenvalue weighted by Gasteiger charge is -2.07. The van der Waals surface area contributed by atoms with Gasteiger partial charge in [-0.15, -0.1) is 0 Å². The third-order valence-corrected chi connectivity index (χ3v) is 2.77. The third kappa shape index (κ3) is 2.78. The van der Waals surface area contributed by atoms with E-state index < -0.39 is 0 Å². The van der Waals surface area contributed by atoms with E-state index in [2.05, 4.69) is 5.16 Å². The van der Waals surface area contributed by atoms with Gasteiger partial charge in [-0.25, -0.2) is 0 Å². The number of pyridine rings is 1. The normalized spacial score (nSPS) is 11.5. The van der Waals surface area contributed by atoms with Crippen molar-refractivity contribution in [1.82, 2.24) is 4.57 Å². The highest BCUT2D eigenvalue weighted by Crippen LogP contribution is 2.11. The maximum absolute atomic E-state index is 11.6. The molecule has 0 aliphatic rings. The van der Waals surface area contributed by atoms with Crippen molar-refractivity contribution in [3.63, 3.8) is 0 Å². The van der Waals surface area contributed by atoms with Crippen molar-refractivity contribution in [3.05, 3.63) is 69.6 Å². The summed E-state index contributed by atoms with van der Waals surface area (Å²) in [5.74, 6) is 0. The Balaban J connectivity index is 2.29. The van der Waals surface area contributed by atoms with E-state index in [9.17, 15) is 4.79 Å². The lowest BCUT2D eigenvalue weighted by atomic mass is 10.1. The van der Waals surface area contributed by atoms with Gasteiger partial charge in [0, 0.05) is 22.8 Å². The molecule has 0 saturated heterocycles. The van der Waals surface area contributed by atoms with Crippen LogP contribution in [0.2, 0.25) is 5.02 Å². The smallest absolute Gasteiger partial charge is 0.250 e. The number of halogens is 1. The molecule has 0 unspecified atom stereocenters. The monoisotopic (exact) mass is 262 g/mol. The Labute approximate surface area is 109 Å². The van der Waals surface area contributed by atoms with Crippen LogP contribution >= 0.6 is 11.6 Å². The van der Waals surface area contributed by atoms with E-state index in [0.717, 1.165) is 5.56 Å². The van der Waals surface area contributed by atoms with Crippen molar-refractivity contribution in [3.8, 4) is 0 Å². The van der Waals surface area contributed by atoms with Crippen LogP contribution in [0.4, 0.5) is 0 Å². The molecule has 0 atom stereocenters. The molecule has 5 heteroatoms. The van der Waals surface area contributed by atoms with E-state index in [0.29, 0.717) is 10.7 Å². The van der Waals surface area contributed by atoms with Crippen LogP contribution in [0.25, 0.3) is 0 Å². The molecule has 0 radical (unpaired) electrons. The fraction of sp³-hybridized carbons (Fsp3) is 0.0769. The molecule has 1 aromatic carbocycles. The Hall–Kier alpha value is -2.07. The number of oxime groups is 1. The molecule has 0 bridgehead atoms. The number of rotatable bonds is 3. The number of benzene rings is 1. The summed E-state index contributed by atoms with van der Waals surface area (Å²) in [5.41, 5.74) is 0.977. The van der Waals surface area contributed by atoms with Crippen molar-refractivity contribution < 1.29 is 5.21 Å². The fourth-order valence-electron chi connectivity index (χ4n) is 1.58. The molecule has 0 fully saturated rings. The van der Waals surface area contributed by atoms with Crippen LogP contribution in [0.1, 0.15) is 5.56 Å². The molecule has 2 rings (SSSR count). The maximum atomic E-state index is 11.6. The molecule has 1 N–H and O–H groups in total. The highest BCUT2D eigenvalue weighted by atomic mass is 35.5. The van der Waals surface area contributed by atoms with Crippen LogP contribution in [0.15, 0.2) is 58.6 Å². The summed E-state index contributed by atoms with van der Waals surface area (Å²) in [7, 11) is 0. The molecular weight excluding hydrogens is 252 g/mol. The van der Waals surface area contributed by atoms with Crippen molar-refractivity contribution >= 4 is 17.3 Å². The number of aromatic nitrogens is 1. The third-order valence-electron chi connectivity index (χ3n) is 2.52. The average Bonchev–Trinajstić information content (AvgIpc) is 2.39. The summed E-state index contributed by atoms with van der Waals surface area (Å²) >= 11 is 5.79. The molecule has 0 saturated carbocycles. The molecule has 1 aromatic heterocycles. The van der Waals surface area contributed by atoms with Crippen LogP contribution in [-0.2, 0) is 6.54 Å². The standard InChI is InChI=1S/C13H11ClN2O2/c14-11-6-4-10(5-7-11)12(15-18)9-16-8-2-1-3-13(16)17/h1-8,18H,9H2/b15-12-. The van der Waals surface area contributed by atoms with Crippen LogP contribution in [-0.4, -0.2) is 15.5 Å². The Bertz CT molecular complexity index is 617. The molecule has 0 aliphatic heterocycles. The van der Waals surface area contributed by atoms with Gasteiger partial charge in [0.05, 0.1) is 6.54 Å². The van der Waals surface area contributed by atoms with Crippen molar-refractivity contribution in [2.45, 2.75) is 6.54 Å². The quantitative estimate of drug-likeness (QED) is 0.525. The predicted molar refractivity (Wildman–Crippen MR) is 70.5 cm³/mol. The first-order valence-corrected chi connectivity index (χ1v) is 5.71. The zero-order valence-corrected chi connectivity index (χ0v) is 10.2. The van der Waals surface area contributed by atoms with Crippen LogP contribution in [0.5, 0.6) is 0 Å². The van der Waals surface area contributed by atoms with Crippen LogP contribution in [0.3, 0.4) is 0 Å². The molecule has 92 valence electrons. The highest BCUT2D eigenvalue weighted by molar-refractivity contribution is 6.30. The number of nitrogens with zero attached hydrogens (tertiary/aromatic N) is 2. The van der Waals surface area contributed by atoms with Gasteiger partial charge in [0.15, 0.2) is 0 Å². The average molecular weight is 263 g/mol. The molecule has 1 heterocycles. The fourth-order valence-corrected chi connectivity index (χ4v) is 1.70. The van der Waals surface area contributed by atoms with Gasteiger partial charge >= 0.3 is 0 Å².